The lowest BCUT2D eigenvalue weighted by Crippen LogP contribution is -2.51. The van der Waals surface area contributed by atoms with Crippen LogP contribution in [0, 0.1) is 13.8 Å². The Labute approximate surface area is 688 Å². The number of nitrogens with zero attached hydrogens (tertiary/aromatic N) is 15. The number of hydrogen-bond donors (Lipinski definition) is 11. The van der Waals surface area contributed by atoms with E-state index < -0.39 is 194 Å². The van der Waals surface area contributed by atoms with Crippen molar-refractivity contribution in [3.8, 4) is 0 Å². The monoisotopic (exact) mass is 1810 g/mol. The second-order valence-corrected chi connectivity index (χ2v) is 37.7. The first-order valence-corrected chi connectivity index (χ1v) is 45.8. The van der Waals surface area contributed by atoms with Crippen LogP contribution in [0.25, 0.3) is 33.5 Å². The summed E-state index contributed by atoms with van der Waals surface area (Å²) in [6.07, 6.45) is -16.9. The Balaban J connectivity index is 0.746. The number of H-pyrrole nitrogens is 1. The normalized spacial score (nSPS) is 30.9. The predicted octanol–water partition coefficient (Wildman–Crippen LogP) is -0.901. The maximum absolute atomic E-state index is 15.1. The fourth-order valence-corrected chi connectivity index (χ4v) is 19.9. The van der Waals surface area contributed by atoms with Crippen molar-refractivity contribution in [3.63, 3.8) is 0 Å². The molecule has 6 saturated heterocycles. The number of fused-ring (bicyclic) bond motifs is 5. The first kappa shape index (κ1) is 88.7. The Morgan fingerprint density at radius 1 is 0.538 bits per heavy atom. The third-order valence-corrected chi connectivity index (χ3v) is 26.0. The van der Waals surface area contributed by atoms with Gasteiger partial charge in [0.15, 0.2) is 59.0 Å². The Morgan fingerprint density at radius 2 is 1.02 bits per heavy atom. The molecule has 14 rings (SSSR count). The molecule has 8 unspecified atom stereocenters. The van der Waals surface area contributed by atoms with Crippen LogP contribution >= 0.6 is 28.0 Å². The number of aliphatic hydroxyl groups excluding tert-OH is 1. The summed E-state index contributed by atoms with van der Waals surface area (Å²) in [6, 6.07) is 0. The van der Waals surface area contributed by atoms with Crippen LogP contribution in [0.4, 0.5) is 29.2 Å². The molecule has 57 heteroatoms. The van der Waals surface area contributed by atoms with E-state index >= 15 is 4.57 Å². The van der Waals surface area contributed by atoms with Crippen LogP contribution in [-0.2, 0) is 133 Å². The zero-order valence-electron chi connectivity index (χ0n) is 64.1. The van der Waals surface area contributed by atoms with Gasteiger partial charge >= 0.3 is 39.4 Å². The van der Waals surface area contributed by atoms with Gasteiger partial charge in [-0.15, -0.1) is 0 Å². The molecule has 50 nitrogen and oxygen atoms in total. The lowest BCUT2D eigenvalue weighted by molar-refractivity contribution is -0.216. The third kappa shape index (κ3) is 18.6. The number of rotatable bonds is 38. The standard InChI is InChI=1S/C62H87N21O29P4S3/c1-8-30-31(15-35(104-30)81-24-72-36-49(65)68-22-70-51(36)81)109-116(92,119)102-21-62-29(4)103-45(58(108-62)80-17-28(3)48(64)76-61(80)87)46(62)112-113(88,89)99-19-33-40(43(97-13-10-94-6)56(106-33)82-25-73-37-50(66)69-23-71-52(37)82)110-115(91,118)101-20-34-41(44(98-14-11-95-7)57(107-34)83-26-74-38-53(83)77-59(67)78-54(38)85)111-114(90,117)100-18-32-39(84)42(96-12-9-93-5)55(105-32)79-16-27(2)47(63)75-60(79)86/h16-17,22-26,29-35,39-46,55-58,84H,8-15,18-21H2,1-7H3,(H,88,89)(H,90,117)(H,91,118)(H,92,119)(H2,63,75,86)(H2,64,76,87)(H2,65,68,70)(H2,66,69,71)(H3,67,77,78,85)/t29-,30+,31+,32+,33+,34+,35+,39-,40-,41-,42?,43?,44?,45?,46+,55+,56+,57+,58+,62-,114?,115?,116?/m0/s1. The predicted molar refractivity (Wildman–Crippen MR) is 419 cm³/mol. The number of phosphoric ester groups is 1. The zero-order valence-corrected chi connectivity index (χ0v) is 70.2. The van der Waals surface area contributed by atoms with Gasteiger partial charge in [0, 0.05) is 51.3 Å². The minimum absolute atomic E-state index is 0.0506. The fourth-order valence-electron chi connectivity index (χ4n) is 14.6. The molecular formula is C62H87N21O29P4S3. The highest BCUT2D eigenvalue weighted by Crippen LogP contribution is 2.60. The van der Waals surface area contributed by atoms with Crippen molar-refractivity contribution in [2.24, 2.45) is 0 Å². The Morgan fingerprint density at radius 3 is 1.57 bits per heavy atom. The average Bonchev–Trinajstić information content (AvgIpc) is 1.55. The molecule has 0 saturated carbocycles. The number of aryl methyl sites for hydroxylation is 2. The van der Waals surface area contributed by atoms with Crippen molar-refractivity contribution in [3.05, 3.63) is 86.5 Å². The lowest BCUT2D eigenvalue weighted by atomic mass is 9.94. The van der Waals surface area contributed by atoms with Gasteiger partial charge in [-0.3, -0.25) is 50.7 Å². The SMILES string of the molecule is CC[C@H]1O[C@@H](n2cnc3c(N)ncnc32)C[C@H]1OP(O)(=S)OC[C@]12O[C@@H](n3cc(C)c(N)nc3=O)C(O[C@H]1C)[C@H]2OP(=O)(O)OC[C@H]1O[C@@H](n2cnc3c(N)ncnc32)C(OCCOC)[C@H]1OP(O)(=S)OC[C@H]1O[C@@H](n2cnc3c(=O)[nH]c(N)nc32)C(OCCOC)[C@H]1OP(O)(=S)OC[C@H]1O[C@@H](n2cc(C)c(N)nc2=O)C(OCCOC)[C@H]1O. The molecule has 0 aliphatic carbocycles. The molecule has 24 atom stereocenters. The van der Waals surface area contributed by atoms with Crippen LogP contribution in [0.2, 0.25) is 0 Å². The molecule has 652 valence electrons. The van der Waals surface area contributed by atoms with Crippen LogP contribution in [0.3, 0.4) is 0 Å². The number of imidazole rings is 3. The maximum Gasteiger partial charge on any atom is 0.472 e. The van der Waals surface area contributed by atoms with Crippen LogP contribution in [0.1, 0.15) is 69.0 Å². The minimum Gasteiger partial charge on any atom is -0.387 e. The summed E-state index contributed by atoms with van der Waals surface area (Å²) in [7, 11) is -1.43. The van der Waals surface area contributed by atoms with Gasteiger partial charge in [0.25, 0.3) is 5.56 Å². The van der Waals surface area contributed by atoms with Crippen molar-refractivity contribution in [1.82, 2.24) is 77.7 Å². The van der Waals surface area contributed by atoms with Crippen LogP contribution in [0.5, 0.6) is 0 Å². The number of methoxy groups -OCH3 is 3. The summed E-state index contributed by atoms with van der Waals surface area (Å²) >= 11 is 17.2. The molecule has 6 aliphatic heterocycles. The lowest BCUT2D eigenvalue weighted by Gasteiger charge is -2.37. The summed E-state index contributed by atoms with van der Waals surface area (Å²) in [5.74, 6) is -0.410. The van der Waals surface area contributed by atoms with Crippen LogP contribution in [-0.4, -0.2) is 281 Å². The van der Waals surface area contributed by atoms with E-state index in [9.17, 15) is 39.1 Å². The molecule has 0 amide bonds. The fraction of sp³-hybridized carbons (Fsp3) is 0.629. The van der Waals surface area contributed by atoms with Gasteiger partial charge in [-0.05, 0) is 62.6 Å². The van der Waals surface area contributed by atoms with E-state index in [1.807, 2.05) is 6.92 Å². The summed E-state index contributed by atoms with van der Waals surface area (Å²) < 4.78 is 144. The Bertz CT molecular complexity index is 5390. The van der Waals surface area contributed by atoms with E-state index in [-0.39, 0.29) is 97.6 Å². The number of aliphatic hydroxyl groups is 1. The molecule has 6 fully saturated rings. The number of nitrogen functional groups attached to an aromatic ring is 5. The maximum atomic E-state index is 15.1. The molecule has 8 aromatic rings. The van der Waals surface area contributed by atoms with Crippen molar-refractivity contribution in [2.45, 2.75) is 163 Å². The molecule has 8 aromatic heterocycles. The number of aromatic nitrogens is 16. The van der Waals surface area contributed by atoms with Crippen molar-refractivity contribution < 1.29 is 122 Å². The molecule has 14 heterocycles. The molecule has 119 heavy (non-hydrogen) atoms. The van der Waals surface area contributed by atoms with Gasteiger partial charge in [0.05, 0.1) is 103 Å². The zero-order chi connectivity index (χ0) is 84.9. The molecular weight excluding hydrogens is 1720 g/mol. The molecule has 0 spiro atoms. The molecule has 6 aliphatic rings. The van der Waals surface area contributed by atoms with E-state index in [0.29, 0.717) is 28.7 Å². The van der Waals surface area contributed by atoms with Crippen LogP contribution in [0.15, 0.2) is 58.4 Å². The third-order valence-electron chi connectivity index (χ3n) is 20.4. The topological polar surface area (TPSA) is 653 Å². The summed E-state index contributed by atoms with van der Waals surface area (Å²) in [5.41, 5.74) is 27.0. The van der Waals surface area contributed by atoms with E-state index in [0.717, 1.165) is 15.5 Å². The van der Waals surface area contributed by atoms with Gasteiger partial charge in [0.2, 0.25) is 5.95 Å². The summed E-state index contributed by atoms with van der Waals surface area (Å²) in [6.45, 7) is -11.6. The Kier molecular flexibility index (Phi) is 27.1. The quantitative estimate of drug-likeness (QED) is 0.0165. The highest BCUT2D eigenvalue weighted by Gasteiger charge is 2.69. The van der Waals surface area contributed by atoms with Gasteiger partial charge in [-0.1, -0.05) is 6.92 Å². The number of aromatic amines is 1. The largest absolute Gasteiger partial charge is 0.472 e. The van der Waals surface area contributed by atoms with Crippen LogP contribution < -0.4 is 45.6 Å². The summed E-state index contributed by atoms with van der Waals surface area (Å²) in [4.78, 5) is 134. The summed E-state index contributed by atoms with van der Waals surface area (Å²) in [5, 5.41) is 11.8. The smallest absolute Gasteiger partial charge is 0.387 e. The molecule has 0 aromatic carbocycles. The van der Waals surface area contributed by atoms with E-state index in [4.69, 9.17) is 157 Å². The van der Waals surface area contributed by atoms with Gasteiger partial charge < -0.3 is 128 Å². The molecule has 16 N–H and O–H groups in total. The molecule has 0 radical (unpaired) electrons. The number of nitrogens with two attached hydrogens (primary N) is 5. The van der Waals surface area contributed by atoms with Gasteiger partial charge in [0.1, 0.15) is 114 Å². The first-order valence-electron chi connectivity index (χ1n) is 36.5. The second kappa shape index (κ2) is 36.3. The first-order chi connectivity index (χ1) is 56.6. The van der Waals surface area contributed by atoms with Gasteiger partial charge in [-0.25, -0.2) is 49.0 Å². The van der Waals surface area contributed by atoms with E-state index in [2.05, 4.69) is 54.8 Å². The number of phosphoric acid groups is 1. The minimum atomic E-state index is -5.63. The number of anilines is 5. The number of nitrogens with one attached hydrogen (secondary N) is 1. The average molecular weight is 1810 g/mol. The highest BCUT2D eigenvalue weighted by atomic mass is 32.5. The highest BCUT2D eigenvalue weighted by molar-refractivity contribution is 8.07. The number of hydrogen-bond acceptors (Lipinski definition) is 43. The van der Waals surface area contributed by atoms with Crippen molar-refractivity contribution >= 4 is 126 Å². The van der Waals surface area contributed by atoms with Crippen molar-refractivity contribution in [2.75, 3.05) is 116 Å². The number of ether oxygens (including phenoxy) is 12. The van der Waals surface area contributed by atoms with E-state index in [1.54, 1.807) is 18.4 Å². The molecule has 2 bridgehead atoms. The van der Waals surface area contributed by atoms with Crippen molar-refractivity contribution in [1.29, 1.82) is 0 Å². The second-order valence-electron chi connectivity index (χ2n) is 27.9. The van der Waals surface area contributed by atoms with Gasteiger partial charge in [-0.2, -0.15) is 15.0 Å². The van der Waals surface area contributed by atoms with E-state index in [1.165, 1.54) is 75.1 Å². The Hall–Kier alpha value is -6.61.